The summed E-state index contributed by atoms with van der Waals surface area (Å²) >= 11 is 0. The molecule has 3 rings (SSSR count). The van der Waals surface area contributed by atoms with Gasteiger partial charge in [-0.3, -0.25) is 0 Å². The molecule has 0 N–H and O–H groups in total. The molecule has 0 aromatic heterocycles. The van der Waals surface area contributed by atoms with Crippen LogP contribution in [-0.2, 0) is 4.74 Å². The molecule has 0 aliphatic rings. The van der Waals surface area contributed by atoms with Gasteiger partial charge >= 0.3 is 138 Å². The fourth-order valence-corrected chi connectivity index (χ4v) is 8.41. The molecule has 2 heteroatoms. The molecule has 118 valence electrons. The average Bonchev–Trinajstić information content (AvgIpc) is 2.64. The van der Waals surface area contributed by atoms with E-state index in [-0.39, 0.29) is 0 Å². The fraction of sp³-hybridized carbons (Fsp3) is 0.143. The summed E-state index contributed by atoms with van der Waals surface area (Å²) in [6.07, 6.45) is 0.698. The predicted octanol–water partition coefficient (Wildman–Crippen LogP) is 3.75. The van der Waals surface area contributed by atoms with Crippen LogP contribution in [0.25, 0.3) is 0 Å². The molecule has 0 aliphatic carbocycles. The second kappa shape index (κ2) is 6.28. The van der Waals surface area contributed by atoms with Gasteiger partial charge in [0.05, 0.1) is 0 Å². The van der Waals surface area contributed by atoms with Gasteiger partial charge in [-0.1, -0.05) is 0 Å². The summed E-state index contributed by atoms with van der Waals surface area (Å²) in [6.45, 7) is -0.240. The molecule has 1 nitrogen and oxygen atoms in total. The summed E-state index contributed by atoms with van der Waals surface area (Å²) in [5.74, 6) is 0. The summed E-state index contributed by atoms with van der Waals surface area (Å²) in [4.78, 5) is 0. The summed E-state index contributed by atoms with van der Waals surface area (Å²) in [6, 6.07) is 32.5. The van der Waals surface area contributed by atoms with Crippen molar-refractivity contribution in [3.63, 3.8) is 0 Å². The number of hydrogen-bond donors (Lipinski definition) is 0. The number of ether oxygens (including phenoxy) is 1. The minimum atomic E-state index is -2.65. The van der Waals surface area contributed by atoms with E-state index in [9.17, 15) is 0 Å². The zero-order valence-electron chi connectivity index (χ0n) is 13.7. The van der Waals surface area contributed by atoms with Gasteiger partial charge in [0.15, 0.2) is 0 Å². The van der Waals surface area contributed by atoms with Crippen molar-refractivity contribution in [3.8, 4) is 0 Å². The van der Waals surface area contributed by atoms with Gasteiger partial charge in [-0.2, -0.15) is 0 Å². The maximum atomic E-state index is 5.83. The zero-order chi connectivity index (χ0) is 16.2. The Balaban J connectivity index is 2.41. The van der Waals surface area contributed by atoms with Gasteiger partial charge in [0, 0.05) is 0 Å². The number of rotatable bonds is 5. The third-order valence-corrected chi connectivity index (χ3v) is 10.8. The van der Waals surface area contributed by atoms with E-state index in [1.807, 2.05) is 0 Å². The Labute approximate surface area is 138 Å². The van der Waals surface area contributed by atoms with Crippen LogP contribution in [0.3, 0.4) is 0 Å². The number of methoxy groups -OCH3 is 1. The third kappa shape index (κ3) is 2.51. The Bertz CT molecular complexity index is 654. The molecule has 0 aliphatic heterocycles. The van der Waals surface area contributed by atoms with Gasteiger partial charge in [-0.05, 0) is 0 Å². The molecule has 0 fully saturated rings. The van der Waals surface area contributed by atoms with Gasteiger partial charge in [0.2, 0.25) is 0 Å². The van der Waals surface area contributed by atoms with Crippen LogP contribution in [0.1, 0.15) is 0 Å². The Morgan fingerprint density at radius 1 is 0.609 bits per heavy atom. The molecule has 23 heavy (non-hydrogen) atoms. The predicted molar refractivity (Wildman–Crippen MR) is 103 cm³/mol. The first-order chi connectivity index (χ1) is 11.2. The molecular formula is C21H23OP. The van der Waals surface area contributed by atoms with E-state index in [4.69, 9.17) is 4.74 Å². The Hall–Kier alpha value is -1.95. The van der Waals surface area contributed by atoms with E-state index in [1.165, 1.54) is 15.9 Å². The first kappa shape index (κ1) is 15.9. The van der Waals surface area contributed by atoms with Crippen molar-refractivity contribution < 1.29 is 4.74 Å². The molecular weight excluding hydrogens is 299 g/mol. The van der Waals surface area contributed by atoms with Crippen LogP contribution in [0.2, 0.25) is 0 Å². The van der Waals surface area contributed by atoms with Crippen LogP contribution in [0.5, 0.6) is 0 Å². The standard InChI is InChI=1S/C21H23OP/c1-22-18-23(2,19-12-6-3-7-13-19,20-14-8-4-9-15-20)21-16-10-5-11-17-21/h3-17H,18H2,1-2H3. The van der Waals surface area contributed by atoms with Gasteiger partial charge in [-0.25, -0.2) is 0 Å². The Kier molecular flexibility index (Phi) is 4.35. The van der Waals surface area contributed by atoms with Crippen molar-refractivity contribution in [1.82, 2.24) is 0 Å². The van der Waals surface area contributed by atoms with Crippen molar-refractivity contribution in [2.45, 2.75) is 0 Å². The van der Waals surface area contributed by atoms with Gasteiger partial charge in [0.25, 0.3) is 0 Å². The summed E-state index contributed by atoms with van der Waals surface area (Å²) < 4.78 is 5.83. The normalized spacial score (nSPS) is 13.2. The van der Waals surface area contributed by atoms with E-state index in [0.29, 0.717) is 6.35 Å². The molecule has 0 spiro atoms. The van der Waals surface area contributed by atoms with Gasteiger partial charge < -0.3 is 0 Å². The number of hydrogen-bond acceptors (Lipinski definition) is 1. The first-order valence-electron chi connectivity index (χ1n) is 7.86. The second-order valence-electron chi connectivity index (χ2n) is 6.22. The number of benzene rings is 3. The minimum absolute atomic E-state index is 0.698. The van der Waals surface area contributed by atoms with E-state index in [0.717, 1.165) is 0 Å². The quantitative estimate of drug-likeness (QED) is 0.650. The Morgan fingerprint density at radius 2 is 0.913 bits per heavy atom. The molecule has 0 unspecified atom stereocenters. The molecule has 0 amide bonds. The van der Waals surface area contributed by atoms with Crippen molar-refractivity contribution >= 4 is 22.5 Å². The van der Waals surface area contributed by atoms with E-state index >= 15 is 0 Å². The SMILES string of the molecule is COCP(C)(c1ccccc1)(c1ccccc1)c1ccccc1. The monoisotopic (exact) mass is 322 g/mol. The van der Waals surface area contributed by atoms with E-state index in [1.54, 1.807) is 7.11 Å². The first-order valence-corrected chi connectivity index (χ1v) is 10.7. The van der Waals surface area contributed by atoms with Crippen LogP contribution in [0.4, 0.5) is 0 Å². The maximum absolute atomic E-state index is 5.83. The third-order valence-electron chi connectivity index (χ3n) is 4.82. The van der Waals surface area contributed by atoms with Crippen LogP contribution in [0, 0.1) is 0 Å². The van der Waals surface area contributed by atoms with Crippen molar-refractivity contribution in [3.05, 3.63) is 91.0 Å². The van der Waals surface area contributed by atoms with Crippen molar-refractivity contribution in [1.29, 1.82) is 0 Å². The summed E-state index contributed by atoms with van der Waals surface area (Å²) in [5.41, 5.74) is 0. The molecule has 0 heterocycles. The molecule has 0 atom stereocenters. The average molecular weight is 322 g/mol. The van der Waals surface area contributed by atoms with Crippen LogP contribution >= 0.6 is 6.60 Å². The van der Waals surface area contributed by atoms with Gasteiger partial charge in [0.1, 0.15) is 0 Å². The summed E-state index contributed by atoms with van der Waals surface area (Å²) in [7, 11) is 1.81. The van der Waals surface area contributed by atoms with Crippen LogP contribution < -0.4 is 15.9 Å². The molecule has 0 saturated heterocycles. The van der Waals surface area contributed by atoms with Gasteiger partial charge in [-0.15, -0.1) is 0 Å². The van der Waals surface area contributed by atoms with E-state index < -0.39 is 6.60 Å². The van der Waals surface area contributed by atoms with Crippen molar-refractivity contribution in [2.75, 3.05) is 20.1 Å². The summed E-state index contributed by atoms with van der Waals surface area (Å²) in [5, 5.41) is 4.08. The molecule has 0 saturated carbocycles. The second-order valence-corrected chi connectivity index (χ2v) is 11.6. The van der Waals surface area contributed by atoms with Crippen LogP contribution in [0.15, 0.2) is 91.0 Å². The molecule has 0 radical (unpaired) electrons. The van der Waals surface area contributed by atoms with Crippen LogP contribution in [-0.4, -0.2) is 20.1 Å². The van der Waals surface area contributed by atoms with Crippen molar-refractivity contribution in [2.24, 2.45) is 0 Å². The van der Waals surface area contributed by atoms with E-state index in [2.05, 4.69) is 97.7 Å². The molecule has 3 aromatic carbocycles. The molecule has 0 bridgehead atoms. The fourth-order valence-electron chi connectivity index (χ4n) is 3.49. The Morgan fingerprint density at radius 3 is 1.17 bits per heavy atom. The molecule has 3 aromatic rings. The topological polar surface area (TPSA) is 9.23 Å². The zero-order valence-corrected chi connectivity index (χ0v) is 14.6.